The minimum absolute atomic E-state index is 0.149. The zero-order valence-corrected chi connectivity index (χ0v) is 15.7. The summed E-state index contributed by atoms with van der Waals surface area (Å²) in [7, 11) is 0. The van der Waals surface area contributed by atoms with Crippen LogP contribution in [0, 0.1) is 5.92 Å². The van der Waals surface area contributed by atoms with Gasteiger partial charge in [-0.2, -0.15) is 0 Å². The maximum atomic E-state index is 4.93. The number of rotatable bonds is 8. The number of hydrogen-bond acceptors (Lipinski definition) is 4. The standard InChI is InChI=1S/C17H33N3S/c1-8-10-14-15(11-18-17(5,6)7)21-16(19-14)20(9-2)12-13(3)4/h13,18H,8-12H2,1-7H3. The Kier molecular flexibility index (Phi) is 7.14. The first-order valence-corrected chi connectivity index (χ1v) is 9.07. The van der Waals surface area contributed by atoms with Crippen molar-refractivity contribution >= 4 is 16.5 Å². The zero-order chi connectivity index (χ0) is 16.0. The van der Waals surface area contributed by atoms with Crippen molar-refractivity contribution in [3.8, 4) is 0 Å². The van der Waals surface area contributed by atoms with E-state index in [0.29, 0.717) is 5.92 Å². The minimum Gasteiger partial charge on any atom is -0.348 e. The molecule has 0 atom stereocenters. The number of nitrogens with one attached hydrogen (secondary N) is 1. The van der Waals surface area contributed by atoms with Gasteiger partial charge < -0.3 is 10.2 Å². The Hall–Kier alpha value is -0.610. The second kappa shape index (κ2) is 8.14. The molecule has 0 aromatic carbocycles. The second-order valence-electron chi connectivity index (χ2n) is 7.15. The van der Waals surface area contributed by atoms with Crippen LogP contribution in [-0.2, 0) is 13.0 Å². The molecule has 0 saturated heterocycles. The van der Waals surface area contributed by atoms with Crippen LogP contribution in [0.15, 0.2) is 0 Å². The smallest absolute Gasteiger partial charge is 0.185 e. The molecule has 0 bridgehead atoms. The molecule has 0 fully saturated rings. The van der Waals surface area contributed by atoms with Gasteiger partial charge in [0.25, 0.3) is 0 Å². The highest BCUT2D eigenvalue weighted by molar-refractivity contribution is 7.15. The number of thiazole rings is 1. The van der Waals surface area contributed by atoms with Crippen LogP contribution >= 0.6 is 11.3 Å². The lowest BCUT2D eigenvalue weighted by molar-refractivity contribution is 0.425. The molecule has 1 heterocycles. The van der Waals surface area contributed by atoms with Gasteiger partial charge in [0.2, 0.25) is 0 Å². The van der Waals surface area contributed by atoms with Crippen LogP contribution in [0.2, 0.25) is 0 Å². The Morgan fingerprint density at radius 3 is 2.38 bits per heavy atom. The first kappa shape index (κ1) is 18.4. The van der Waals surface area contributed by atoms with Gasteiger partial charge in [-0.3, -0.25) is 0 Å². The van der Waals surface area contributed by atoms with E-state index in [-0.39, 0.29) is 5.54 Å². The van der Waals surface area contributed by atoms with E-state index in [1.807, 2.05) is 11.3 Å². The number of hydrogen-bond donors (Lipinski definition) is 1. The molecule has 0 spiro atoms. The molecule has 1 aromatic heterocycles. The summed E-state index contributed by atoms with van der Waals surface area (Å²) in [5, 5.41) is 4.79. The Balaban J connectivity index is 2.91. The predicted molar refractivity (Wildman–Crippen MR) is 95.4 cm³/mol. The van der Waals surface area contributed by atoms with E-state index in [1.54, 1.807) is 0 Å². The van der Waals surface area contributed by atoms with Gasteiger partial charge in [-0.1, -0.05) is 27.2 Å². The Labute approximate surface area is 135 Å². The summed E-state index contributed by atoms with van der Waals surface area (Å²) >= 11 is 1.87. The van der Waals surface area contributed by atoms with Crippen LogP contribution in [0.5, 0.6) is 0 Å². The molecule has 0 aliphatic heterocycles. The first-order valence-electron chi connectivity index (χ1n) is 8.25. The fourth-order valence-corrected chi connectivity index (χ4v) is 3.32. The second-order valence-corrected chi connectivity index (χ2v) is 8.21. The van der Waals surface area contributed by atoms with Gasteiger partial charge >= 0.3 is 0 Å². The number of aryl methyl sites for hydroxylation is 1. The van der Waals surface area contributed by atoms with Gasteiger partial charge in [0.15, 0.2) is 5.13 Å². The van der Waals surface area contributed by atoms with Crippen molar-refractivity contribution in [2.45, 2.75) is 73.4 Å². The summed E-state index contributed by atoms with van der Waals surface area (Å²) in [4.78, 5) is 8.75. The molecule has 1 aromatic rings. The highest BCUT2D eigenvalue weighted by Gasteiger charge is 2.17. The third-order valence-corrected chi connectivity index (χ3v) is 4.43. The molecule has 122 valence electrons. The quantitative estimate of drug-likeness (QED) is 0.768. The fraction of sp³-hybridized carbons (Fsp3) is 0.824. The zero-order valence-electron chi connectivity index (χ0n) is 14.9. The summed E-state index contributed by atoms with van der Waals surface area (Å²) in [5.41, 5.74) is 1.44. The minimum atomic E-state index is 0.149. The van der Waals surface area contributed by atoms with Crippen molar-refractivity contribution in [2.75, 3.05) is 18.0 Å². The number of nitrogens with zero attached hydrogens (tertiary/aromatic N) is 2. The van der Waals surface area contributed by atoms with Crippen LogP contribution < -0.4 is 10.2 Å². The maximum absolute atomic E-state index is 4.93. The summed E-state index contributed by atoms with van der Waals surface area (Å²) in [6, 6.07) is 0. The molecule has 0 aliphatic carbocycles. The van der Waals surface area contributed by atoms with Crippen LogP contribution in [-0.4, -0.2) is 23.6 Å². The van der Waals surface area contributed by atoms with E-state index < -0.39 is 0 Å². The normalized spacial score (nSPS) is 12.2. The SMILES string of the molecule is CCCc1nc(N(CC)CC(C)C)sc1CNC(C)(C)C. The Morgan fingerprint density at radius 1 is 1.24 bits per heavy atom. The van der Waals surface area contributed by atoms with Crippen molar-refractivity contribution in [1.29, 1.82) is 0 Å². The third-order valence-electron chi connectivity index (χ3n) is 3.27. The van der Waals surface area contributed by atoms with E-state index in [1.165, 1.54) is 15.7 Å². The Bertz CT molecular complexity index is 418. The number of aromatic nitrogens is 1. The molecule has 21 heavy (non-hydrogen) atoms. The molecular weight excluding hydrogens is 278 g/mol. The van der Waals surface area contributed by atoms with Crippen LogP contribution in [0.1, 0.15) is 65.5 Å². The molecule has 0 aliphatic rings. The van der Waals surface area contributed by atoms with Gasteiger partial charge in [0.1, 0.15) is 0 Å². The highest BCUT2D eigenvalue weighted by atomic mass is 32.1. The van der Waals surface area contributed by atoms with Crippen molar-refractivity contribution in [1.82, 2.24) is 10.3 Å². The van der Waals surface area contributed by atoms with Crippen molar-refractivity contribution in [2.24, 2.45) is 5.92 Å². The maximum Gasteiger partial charge on any atom is 0.185 e. The average molecular weight is 312 g/mol. The van der Waals surface area contributed by atoms with Crippen LogP contribution in [0.25, 0.3) is 0 Å². The van der Waals surface area contributed by atoms with Gasteiger partial charge in [-0.05, 0) is 40.0 Å². The lowest BCUT2D eigenvalue weighted by atomic mass is 10.1. The molecule has 3 nitrogen and oxygen atoms in total. The fourth-order valence-electron chi connectivity index (χ4n) is 2.20. The average Bonchev–Trinajstić information content (AvgIpc) is 2.76. The van der Waals surface area contributed by atoms with E-state index in [0.717, 1.165) is 32.5 Å². The molecular formula is C17H33N3S. The van der Waals surface area contributed by atoms with Crippen molar-refractivity contribution in [3.05, 3.63) is 10.6 Å². The summed E-state index contributed by atoms with van der Waals surface area (Å²) in [6.07, 6.45) is 2.24. The van der Waals surface area contributed by atoms with Gasteiger partial charge in [0.05, 0.1) is 5.69 Å². The summed E-state index contributed by atoms with van der Waals surface area (Å²) in [6.45, 7) is 18.7. The Morgan fingerprint density at radius 2 is 1.90 bits per heavy atom. The predicted octanol–water partition coefficient (Wildman–Crippen LogP) is 4.47. The van der Waals surface area contributed by atoms with Crippen molar-refractivity contribution in [3.63, 3.8) is 0 Å². The summed E-state index contributed by atoms with van der Waals surface area (Å²) in [5.74, 6) is 0.666. The summed E-state index contributed by atoms with van der Waals surface area (Å²) < 4.78 is 0. The molecule has 0 radical (unpaired) electrons. The molecule has 1 rings (SSSR count). The molecule has 0 amide bonds. The van der Waals surface area contributed by atoms with E-state index in [4.69, 9.17) is 4.98 Å². The van der Waals surface area contributed by atoms with E-state index >= 15 is 0 Å². The largest absolute Gasteiger partial charge is 0.348 e. The van der Waals surface area contributed by atoms with Gasteiger partial charge in [-0.15, -0.1) is 11.3 Å². The van der Waals surface area contributed by atoms with Gasteiger partial charge in [-0.25, -0.2) is 4.98 Å². The van der Waals surface area contributed by atoms with E-state index in [2.05, 4.69) is 58.7 Å². The van der Waals surface area contributed by atoms with E-state index in [9.17, 15) is 0 Å². The monoisotopic (exact) mass is 311 g/mol. The van der Waals surface area contributed by atoms with Crippen LogP contribution in [0.3, 0.4) is 0 Å². The highest BCUT2D eigenvalue weighted by Crippen LogP contribution is 2.28. The van der Waals surface area contributed by atoms with Crippen LogP contribution in [0.4, 0.5) is 5.13 Å². The van der Waals surface area contributed by atoms with Gasteiger partial charge in [0, 0.05) is 30.1 Å². The first-order chi connectivity index (χ1) is 9.76. The lowest BCUT2D eigenvalue weighted by Gasteiger charge is -2.22. The lowest BCUT2D eigenvalue weighted by Crippen LogP contribution is -2.35. The van der Waals surface area contributed by atoms with Crippen molar-refractivity contribution < 1.29 is 0 Å². The molecule has 4 heteroatoms. The molecule has 1 N–H and O–H groups in total. The molecule has 0 saturated carbocycles. The third kappa shape index (κ3) is 6.35. The number of anilines is 1. The topological polar surface area (TPSA) is 28.2 Å². The molecule has 0 unspecified atom stereocenters.